The van der Waals surface area contributed by atoms with Crippen LogP contribution in [0.1, 0.15) is 25.0 Å². The first-order valence-electron chi connectivity index (χ1n) is 6.77. The molecule has 0 amide bonds. The average molecular weight is 301 g/mol. The van der Waals surface area contributed by atoms with E-state index in [1.165, 1.54) is 4.90 Å². The fourth-order valence-electron chi connectivity index (χ4n) is 3.47. The van der Waals surface area contributed by atoms with E-state index in [1.807, 2.05) is 0 Å². The molecule has 5 nitrogen and oxygen atoms in total. The largest absolute Gasteiger partial charge is 0.480 e. The third-order valence-corrected chi connectivity index (χ3v) is 4.33. The lowest BCUT2D eigenvalue weighted by molar-refractivity contribution is -0.141. The zero-order valence-electron chi connectivity index (χ0n) is 11.0. The van der Waals surface area contributed by atoms with Gasteiger partial charge in [0.05, 0.1) is 0 Å². The molecule has 0 aromatic carbocycles. The van der Waals surface area contributed by atoms with Gasteiger partial charge in [0.25, 0.3) is 0 Å². The van der Waals surface area contributed by atoms with Gasteiger partial charge in [0, 0.05) is 12.7 Å². The topological polar surface area (TPSA) is 66.3 Å². The first kappa shape index (κ1) is 14.1. The Morgan fingerprint density at radius 3 is 2.81 bits per heavy atom. The predicted molar refractivity (Wildman–Crippen MR) is 66.6 cm³/mol. The van der Waals surface area contributed by atoms with Gasteiger partial charge in [-0.15, -0.1) is 0 Å². The molecule has 0 radical (unpaired) electrons. The van der Waals surface area contributed by atoms with Crippen molar-refractivity contribution in [1.82, 2.24) is 9.97 Å². The normalized spacial score (nSPS) is 28.7. The highest BCUT2D eigenvalue weighted by Crippen LogP contribution is 2.43. The molecule has 21 heavy (non-hydrogen) atoms. The Bertz CT molecular complexity index is 564. The summed E-state index contributed by atoms with van der Waals surface area (Å²) in [6.45, 7) is 0.406. The fraction of sp³-hybridized carbons (Fsp3) is 0.615. The van der Waals surface area contributed by atoms with Gasteiger partial charge in [0.2, 0.25) is 5.95 Å². The number of carboxylic acid groups (broad SMARTS) is 1. The number of carboxylic acids is 1. The monoisotopic (exact) mass is 301 g/mol. The van der Waals surface area contributed by atoms with E-state index < -0.39 is 23.9 Å². The number of halogens is 3. The molecule has 0 bridgehead atoms. The molecule has 3 rings (SSSR count). The van der Waals surface area contributed by atoms with E-state index >= 15 is 0 Å². The molecule has 2 fully saturated rings. The Balaban J connectivity index is 1.94. The summed E-state index contributed by atoms with van der Waals surface area (Å²) in [6.07, 6.45) is -0.873. The van der Waals surface area contributed by atoms with Gasteiger partial charge in [-0.2, -0.15) is 13.2 Å². The Hall–Kier alpha value is -1.86. The molecule has 8 heteroatoms. The number of hydrogen-bond acceptors (Lipinski definition) is 4. The molecule has 3 unspecified atom stereocenters. The molecule has 1 aliphatic heterocycles. The molecule has 0 spiro atoms. The van der Waals surface area contributed by atoms with E-state index in [1.54, 1.807) is 0 Å². The number of carbonyl (C=O) groups is 1. The number of alkyl halides is 3. The molecule has 1 saturated carbocycles. The first-order chi connectivity index (χ1) is 9.88. The molecule has 3 atom stereocenters. The van der Waals surface area contributed by atoms with Crippen LogP contribution >= 0.6 is 0 Å². The van der Waals surface area contributed by atoms with Gasteiger partial charge in [0.15, 0.2) is 0 Å². The Labute approximate surface area is 118 Å². The van der Waals surface area contributed by atoms with Crippen molar-refractivity contribution in [3.8, 4) is 0 Å². The molecule has 1 N–H and O–H groups in total. The van der Waals surface area contributed by atoms with Crippen LogP contribution in [0.25, 0.3) is 0 Å². The van der Waals surface area contributed by atoms with Crippen LogP contribution in [-0.2, 0) is 11.0 Å². The zero-order chi connectivity index (χ0) is 15.2. The second kappa shape index (κ2) is 4.85. The van der Waals surface area contributed by atoms with Crippen LogP contribution in [0, 0.1) is 11.8 Å². The molecular formula is C13H14F3N3O2. The smallest absolute Gasteiger partial charge is 0.433 e. The van der Waals surface area contributed by atoms with Crippen LogP contribution in [0.4, 0.5) is 19.1 Å². The fourth-order valence-corrected chi connectivity index (χ4v) is 3.47. The second-order valence-electron chi connectivity index (χ2n) is 5.53. The Kier molecular flexibility index (Phi) is 3.26. The van der Waals surface area contributed by atoms with Crippen molar-refractivity contribution in [2.24, 2.45) is 11.8 Å². The van der Waals surface area contributed by atoms with Gasteiger partial charge in [-0.3, -0.25) is 0 Å². The van der Waals surface area contributed by atoms with Crippen molar-refractivity contribution < 1.29 is 23.1 Å². The van der Waals surface area contributed by atoms with E-state index in [9.17, 15) is 23.1 Å². The summed E-state index contributed by atoms with van der Waals surface area (Å²) in [4.78, 5) is 20.3. The molecule has 2 heterocycles. The van der Waals surface area contributed by atoms with Crippen LogP contribution in [0.5, 0.6) is 0 Å². The van der Waals surface area contributed by atoms with Crippen molar-refractivity contribution in [3.63, 3.8) is 0 Å². The van der Waals surface area contributed by atoms with E-state index in [0.717, 1.165) is 31.5 Å². The lowest BCUT2D eigenvalue weighted by Gasteiger charge is -2.24. The van der Waals surface area contributed by atoms with Crippen molar-refractivity contribution in [3.05, 3.63) is 18.0 Å². The van der Waals surface area contributed by atoms with Gasteiger partial charge in [-0.25, -0.2) is 14.8 Å². The third kappa shape index (κ3) is 2.43. The van der Waals surface area contributed by atoms with Crippen LogP contribution in [0.2, 0.25) is 0 Å². The molecule has 1 aliphatic carbocycles. The maximum Gasteiger partial charge on any atom is 0.433 e. The van der Waals surface area contributed by atoms with Crippen LogP contribution < -0.4 is 4.90 Å². The number of aromatic nitrogens is 2. The van der Waals surface area contributed by atoms with E-state index in [4.69, 9.17) is 0 Å². The number of anilines is 1. The molecule has 114 valence electrons. The number of hydrogen-bond donors (Lipinski definition) is 1. The summed E-state index contributed by atoms with van der Waals surface area (Å²) in [5.74, 6) is -0.998. The minimum absolute atomic E-state index is 0.0272. The standard InChI is InChI=1S/C13H14F3N3O2/c14-13(15,16)9-4-5-17-12(18-9)19-6-7-2-1-3-8(7)10(19)11(20)21/h4-5,7-8,10H,1-3,6H2,(H,20,21). The molecule has 1 aromatic rings. The van der Waals surface area contributed by atoms with Crippen LogP contribution in [-0.4, -0.2) is 33.6 Å². The Morgan fingerprint density at radius 2 is 2.14 bits per heavy atom. The van der Waals surface area contributed by atoms with Crippen molar-refractivity contribution in [1.29, 1.82) is 0 Å². The summed E-state index contributed by atoms with van der Waals surface area (Å²) >= 11 is 0. The highest BCUT2D eigenvalue weighted by atomic mass is 19.4. The molecule has 1 aromatic heterocycles. The van der Waals surface area contributed by atoms with Gasteiger partial charge in [-0.05, 0) is 30.7 Å². The van der Waals surface area contributed by atoms with Gasteiger partial charge >= 0.3 is 12.1 Å². The third-order valence-electron chi connectivity index (χ3n) is 4.33. The van der Waals surface area contributed by atoms with Crippen molar-refractivity contribution >= 4 is 11.9 Å². The minimum Gasteiger partial charge on any atom is -0.480 e. The van der Waals surface area contributed by atoms with E-state index in [0.29, 0.717) is 6.54 Å². The molecule has 2 aliphatic rings. The van der Waals surface area contributed by atoms with Gasteiger partial charge < -0.3 is 10.0 Å². The number of aliphatic carboxylic acids is 1. The quantitative estimate of drug-likeness (QED) is 0.907. The lowest BCUT2D eigenvalue weighted by atomic mass is 9.94. The second-order valence-corrected chi connectivity index (χ2v) is 5.53. The SMILES string of the molecule is O=C(O)C1C2CCCC2CN1c1nccc(C(F)(F)F)n1. The van der Waals surface area contributed by atoms with Gasteiger partial charge in [-0.1, -0.05) is 6.42 Å². The highest BCUT2D eigenvalue weighted by molar-refractivity contribution is 5.78. The number of nitrogens with zero attached hydrogens (tertiary/aromatic N) is 3. The summed E-state index contributed by atoms with van der Waals surface area (Å²) < 4.78 is 38.1. The van der Waals surface area contributed by atoms with Crippen LogP contribution in [0.15, 0.2) is 12.3 Å². The summed E-state index contributed by atoms with van der Waals surface area (Å²) in [5.41, 5.74) is -1.05. The number of fused-ring (bicyclic) bond motifs is 1. The van der Waals surface area contributed by atoms with Crippen molar-refractivity contribution in [2.45, 2.75) is 31.5 Å². The minimum atomic E-state index is -4.56. The van der Waals surface area contributed by atoms with Crippen molar-refractivity contribution in [2.75, 3.05) is 11.4 Å². The molecule has 1 saturated heterocycles. The molecular weight excluding hydrogens is 287 g/mol. The lowest BCUT2D eigenvalue weighted by Crippen LogP contribution is -2.40. The summed E-state index contributed by atoms with van der Waals surface area (Å²) in [7, 11) is 0. The maximum atomic E-state index is 12.7. The van der Waals surface area contributed by atoms with Crippen LogP contribution in [0.3, 0.4) is 0 Å². The maximum absolute atomic E-state index is 12.7. The average Bonchev–Trinajstić information content (AvgIpc) is 2.97. The van der Waals surface area contributed by atoms with E-state index in [2.05, 4.69) is 9.97 Å². The van der Waals surface area contributed by atoms with Gasteiger partial charge in [0.1, 0.15) is 11.7 Å². The highest BCUT2D eigenvalue weighted by Gasteiger charge is 2.49. The number of rotatable bonds is 2. The first-order valence-corrected chi connectivity index (χ1v) is 6.77. The Morgan fingerprint density at radius 1 is 1.38 bits per heavy atom. The summed E-state index contributed by atoms with van der Waals surface area (Å²) in [6, 6.07) is -0.0446. The predicted octanol–water partition coefficient (Wildman–Crippen LogP) is 2.18. The zero-order valence-corrected chi connectivity index (χ0v) is 11.0. The van der Waals surface area contributed by atoms with E-state index in [-0.39, 0.29) is 17.8 Å². The summed E-state index contributed by atoms with van der Waals surface area (Å²) in [5, 5.41) is 9.40.